The van der Waals surface area contributed by atoms with Gasteiger partial charge in [0.15, 0.2) is 18.9 Å². The van der Waals surface area contributed by atoms with E-state index in [1.54, 1.807) is 0 Å². The number of hydrogen-bond donors (Lipinski definition) is 13. The van der Waals surface area contributed by atoms with E-state index >= 15 is 4.79 Å². The molecule has 4 aliphatic heterocycles. The van der Waals surface area contributed by atoms with E-state index < -0.39 is 183 Å². The maximum atomic E-state index is 15.2. The van der Waals surface area contributed by atoms with Crippen LogP contribution in [0.5, 0.6) is 0 Å². The second kappa shape index (κ2) is 23.1. The minimum Gasteiger partial charge on any atom is -0.726 e. The Hall–Kier alpha value is -1.72. The van der Waals surface area contributed by atoms with Crippen LogP contribution < -0.4 is 0 Å². The molecule has 466 valence electrons. The maximum absolute atomic E-state index is 15.2. The van der Waals surface area contributed by atoms with E-state index in [1.165, 1.54) is 5.57 Å². The average Bonchev–Trinajstić information content (AvgIpc) is 0.957. The highest BCUT2D eigenvalue weighted by molar-refractivity contribution is 7.80. The van der Waals surface area contributed by atoms with Crippen molar-refractivity contribution in [1.82, 2.24) is 0 Å². The number of carbonyl (C=O) groups excluding carboxylic acids is 1. The number of hydrogen-bond acceptors (Lipinski definition) is 26. The summed E-state index contributed by atoms with van der Waals surface area (Å²) in [4.78, 5) is 15.2. The van der Waals surface area contributed by atoms with Crippen LogP contribution in [0.25, 0.3) is 0 Å². The molecule has 0 aromatic heterocycles. The molecule has 4 saturated carbocycles. The van der Waals surface area contributed by atoms with Crippen LogP contribution >= 0.6 is 0 Å². The number of allylic oxidation sites excluding steroid dienone is 2. The zero-order chi connectivity index (χ0) is 59.5. The zero-order valence-corrected chi connectivity index (χ0v) is 47.7. The molecular weight excluding hydrogens is 1100 g/mol. The largest absolute Gasteiger partial charge is 0.726 e. The lowest BCUT2D eigenvalue weighted by atomic mass is 9.33. The predicted molar refractivity (Wildman–Crippen MR) is 271 cm³/mol. The molecule has 0 spiro atoms. The number of esters is 1. The summed E-state index contributed by atoms with van der Waals surface area (Å²) < 4.78 is 87.1. The molecule has 0 amide bonds. The van der Waals surface area contributed by atoms with Gasteiger partial charge < -0.3 is 109 Å². The Balaban J connectivity index is 0.903. The molecule has 0 radical (unpaired) electrons. The molecule has 8 fully saturated rings. The number of carbonyl (C=O) groups is 1. The summed E-state index contributed by atoms with van der Waals surface area (Å²) in [5.74, 6) is -0.703. The summed E-state index contributed by atoms with van der Waals surface area (Å²) in [6.45, 7) is 12.2. The van der Waals surface area contributed by atoms with Gasteiger partial charge in [0.1, 0.15) is 97.7 Å². The summed E-state index contributed by atoms with van der Waals surface area (Å²) in [5.41, 5.74) is -1.54. The minimum absolute atomic E-state index is 0.0655. The Morgan fingerprint density at radius 2 is 1.10 bits per heavy atom. The molecule has 0 aromatic carbocycles. The van der Waals surface area contributed by atoms with Crippen molar-refractivity contribution in [2.24, 2.45) is 50.2 Å². The second-order valence-corrected chi connectivity index (χ2v) is 27.8. The lowest BCUT2D eigenvalue weighted by molar-refractivity contribution is -0.376. The number of rotatable bonds is 14. The summed E-state index contributed by atoms with van der Waals surface area (Å²) in [7, 11) is -4.92. The van der Waals surface area contributed by atoms with E-state index in [9.17, 15) is 79.4 Å². The van der Waals surface area contributed by atoms with Crippen LogP contribution in [0.2, 0.25) is 0 Å². The first-order chi connectivity index (χ1) is 37.7. The highest BCUT2D eigenvalue weighted by atomic mass is 32.3. The molecule has 9 rings (SSSR count). The van der Waals surface area contributed by atoms with Gasteiger partial charge in [-0.25, -0.2) is 8.42 Å². The number of aliphatic hydroxyl groups excluding tert-OH is 13. The summed E-state index contributed by atoms with van der Waals surface area (Å²) in [6.07, 6.45) is -28.6. The van der Waals surface area contributed by atoms with E-state index in [0.29, 0.717) is 51.4 Å². The third kappa shape index (κ3) is 11.1. The molecule has 5 aliphatic carbocycles. The van der Waals surface area contributed by atoms with Crippen molar-refractivity contribution in [2.45, 2.75) is 242 Å². The van der Waals surface area contributed by atoms with E-state index in [2.05, 4.69) is 40.7 Å². The fourth-order valence-corrected chi connectivity index (χ4v) is 17.1. The second-order valence-electron chi connectivity index (χ2n) is 26.8. The first-order valence-corrected chi connectivity index (χ1v) is 29.8. The van der Waals surface area contributed by atoms with Gasteiger partial charge in [0, 0.05) is 0 Å². The Kier molecular flexibility index (Phi) is 18.2. The summed E-state index contributed by atoms with van der Waals surface area (Å²) in [5, 5.41) is 140. The summed E-state index contributed by atoms with van der Waals surface area (Å²) in [6, 6.07) is 0. The van der Waals surface area contributed by atoms with E-state index in [1.807, 2.05) is 13.8 Å². The normalized spacial score (nSPS) is 51.6. The van der Waals surface area contributed by atoms with Crippen molar-refractivity contribution in [3.05, 3.63) is 11.6 Å². The topological polar surface area (TPSA) is 420 Å². The van der Waals surface area contributed by atoms with E-state index in [-0.39, 0.29) is 39.4 Å². The molecule has 27 heteroatoms. The lowest BCUT2D eigenvalue weighted by Gasteiger charge is -2.71. The Morgan fingerprint density at radius 1 is 0.593 bits per heavy atom. The number of fused-ring (bicyclic) bond motifs is 7. The van der Waals surface area contributed by atoms with E-state index in [0.717, 1.165) is 12.8 Å². The van der Waals surface area contributed by atoms with E-state index in [4.69, 9.17) is 42.1 Å². The van der Waals surface area contributed by atoms with Crippen LogP contribution in [-0.2, 0) is 57.3 Å². The van der Waals surface area contributed by atoms with Gasteiger partial charge in [0.25, 0.3) is 0 Å². The quantitative estimate of drug-likeness (QED) is 0.0368. The predicted octanol–water partition coefficient (Wildman–Crippen LogP) is -2.55. The smallest absolute Gasteiger partial charge is 0.315 e. The highest BCUT2D eigenvalue weighted by Crippen LogP contribution is 2.76. The Morgan fingerprint density at radius 3 is 1.69 bits per heavy atom. The third-order valence-corrected chi connectivity index (χ3v) is 22.1. The molecule has 9 aliphatic rings. The van der Waals surface area contributed by atoms with Crippen LogP contribution in [0.15, 0.2) is 11.6 Å². The summed E-state index contributed by atoms with van der Waals surface area (Å²) >= 11 is 0. The average molecular weight is 1180 g/mol. The molecule has 0 unspecified atom stereocenters. The van der Waals surface area contributed by atoms with Crippen LogP contribution in [0, 0.1) is 50.2 Å². The molecule has 28 atom stereocenters. The fourth-order valence-electron chi connectivity index (χ4n) is 16.5. The molecule has 0 bridgehead atoms. The molecular formula is C54H87O26S-. The van der Waals surface area contributed by atoms with Gasteiger partial charge >= 0.3 is 5.97 Å². The van der Waals surface area contributed by atoms with Crippen molar-refractivity contribution in [2.75, 3.05) is 26.4 Å². The number of ether oxygens (including phenoxy) is 8. The third-order valence-electron chi connectivity index (χ3n) is 21.6. The standard InChI is InChI=1S/C54H88O26S/c1-49(2)14-16-54(17-15-52(6)23(24(54)18-49)8-9-30-51(5)12-11-31(80-81(69,70)71)50(3,4)29(51)10-13-53(30,52)7)48(68)79-46-42(67)38(63)35(60)28(77-46)22-73-47-43(39(64)33(58)26(20-56)75-47)78-45-41(66)37(62)34(59)27(76-45)21-72-44-40(65)36(61)32(57)25(19-55)74-44/h8,24-47,55-67H,9-22H2,1-7H3,(H,69,70,71)/p-1/t24-,25+,26+,27+,28+,29-,30+,31-,32+,33+,34+,35+,36-,37-,38-,39-,40+,41+,42+,43+,44+,45-,46-,47+,51-,52+,53+,54-/m0/s1. The van der Waals surface area contributed by atoms with Gasteiger partial charge in [-0.3, -0.25) is 8.98 Å². The monoisotopic (exact) mass is 1180 g/mol. The zero-order valence-electron chi connectivity index (χ0n) is 46.9. The molecule has 0 aromatic rings. The molecule has 4 heterocycles. The number of aliphatic hydroxyl groups is 13. The van der Waals surface area contributed by atoms with Crippen molar-refractivity contribution in [3.8, 4) is 0 Å². The molecule has 4 saturated heterocycles. The molecule has 81 heavy (non-hydrogen) atoms. The first-order valence-electron chi connectivity index (χ1n) is 28.5. The van der Waals surface area contributed by atoms with Gasteiger partial charge in [-0.2, -0.15) is 0 Å². The minimum atomic E-state index is -4.92. The van der Waals surface area contributed by atoms with Crippen molar-refractivity contribution in [3.63, 3.8) is 0 Å². The van der Waals surface area contributed by atoms with Crippen LogP contribution in [0.1, 0.15) is 113 Å². The molecule has 13 N–H and O–H groups in total. The maximum Gasteiger partial charge on any atom is 0.315 e. The van der Waals surface area contributed by atoms with Crippen LogP contribution in [0.4, 0.5) is 0 Å². The van der Waals surface area contributed by atoms with Crippen molar-refractivity contribution >= 4 is 16.4 Å². The SMILES string of the molecule is CC1(C)CC[C@]2(C(=O)O[C@@H]3O[C@H](CO[C@@H]4O[C@H](CO)[C@@H](O)[C@H](O)[C@H]4O[C@@H]4O[C@H](CO[C@@H]5O[C@H](CO)[C@@H](O)[C@H](O)[C@H]5O)[C@@H](O)[C@H](O)[C@H]4O)[C@@H](O)[C@H](O)[C@H]3O)CC[C@]3(C)C(=CC[C@@H]4[C@@]5(C)CC[C@H](OS(=O)(=O)[O-])C(C)(C)[C@@H]5CC[C@]43C)[C@@H]2C1. The van der Waals surface area contributed by atoms with Crippen molar-refractivity contribution < 1.29 is 126 Å². The van der Waals surface area contributed by atoms with Gasteiger partial charge in [0.05, 0.1) is 37.9 Å². The lowest BCUT2D eigenvalue weighted by Crippen LogP contribution is -2.66. The highest BCUT2D eigenvalue weighted by Gasteiger charge is 2.70. The molecule has 26 nitrogen and oxygen atoms in total. The van der Waals surface area contributed by atoms with Crippen molar-refractivity contribution in [1.29, 1.82) is 0 Å². The van der Waals surface area contributed by atoms with Gasteiger partial charge in [-0.15, -0.1) is 0 Å². The Bertz CT molecular complexity index is 2380. The van der Waals surface area contributed by atoms with Gasteiger partial charge in [-0.1, -0.05) is 60.1 Å². The first kappa shape index (κ1) is 63.8. The van der Waals surface area contributed by atoms with Gasteiger partial charge in [0.2, 0.25) is 16.7 Å². The van der Waals surface area contributed by atoms with Crippen LogP contribution in [-0.4, -0.2) is 241 Å². The van der Waals surface area contributed by atoms with Crippen LogP contribution in [0.3, 0.4) is 0 Å². The Labute approximate surface area is 471 Å². The fraction of sp³-hybridized carbons (Fsp3) is 0.944. The van der Waals surface area contributed by atoms with Gasteiger partial charge in [-0.05, 0) is 109 Å².